The Kier molecular flexibility index (Phi) is 5.67. The molecule has 0 bridgehead atoms. The number of fused-ring (bicyclic) bond motifs is 1. The molecule has 6 heteroatoms. The Morgan fingerprint density at radius 2 is 2.05 bits per heavy atom. The van der Waals surface area contributed by atoms with Crippen molar-refractivity contribution >= 4 is 17.7 Å². The summed E-state index contributed by atoms with van der Waals surface area (Å²) < 4.78 is 1.63. The first kappa shape index (κ1) is 17.1. The van der Waals surface area contributed by atoms with Crippen LogP contribution in [0.3, 0.4) is 0 Å². The zero-order chi connectivity index (χ0) is 16.3. The molecule has 22 heavy (non-hydrogen) atoms. The van der Waals surface area contributed by atoms with Gasteiger partial charge >= 0.3 is 0 Å². The number of rotatable bonds is 5. The highest BCUT2D eigenvalue weighted by Gasteiger charge is 2.33. The summed E-state index contributed by atoms with van der Waals surface area (Å²) in [6, 6.07) is 1.90. The molecule has 0 spiro atoms. The van der Waals surface area contributed by atoms with E-state index in [4.69, 9.17) is 0 Å². The van der Waals surface area contributed by atoms with Crippen LogP contribution < -0.4 is 5.56 Å². The van der Waals surface area contributed by atoms with E-state index in [2.05, 4.69) is 32.7 Å². The largest absolute Gasteiger partial charge is 0.337 e. The predicted octanol–water partition coefficient (Wildman–Crippen LogP) is 2.39. The summed E-state index contributed by atoms with van der Waals surface area (Å²) >= 11 is 1.50. The molecule has 0 saturated heterocycles. The highest BCUT2D eigenvalue weighted by molar-refractivity contribution is 7.99. The first-order chi connectivity index (χ1) is 10.5. The molecule has 0 fully saturated rings. The van der Waals surface area contributed by atoms with E-state index in [9.17, 15) is 9.59 Å². The van der Waals surface area contributed by atoms with Gasteiger partial charge in [-0.25, -0.2) is 4.98 Å². The maximum atomic E-state index is 13.0. The number of aromatic nitrogens is 2. The molecule has 1 aliphatic rings. The van der Waals surface area contributed by atoms with Crippen molar-refractivity contribution in [1.82, 2.24) is 14.5 Å². The van der Waals surface area contributed by atoms with E-state index in [1.165, 1.54) is 24.0 Å². The normalized spacial score (nSPS) is 20.1. The van der Waals surface area contributed by atoms with Crippen LogP contribution in [-0.2, 0) is 11.3 Å². The molecule has 1 amide bonds. The number of carbonyl (C=O) groups excluding carboxylic acids is 1. The first-order valence-electron chi connectivity index (χ1n) is 8.00. The minimum atomic E-state index is -0.151. The average Bonchev–Trinajstić information content (AvgIpc) is 2.54. The van der Waals surface area contributed by atoms with Gasteiger partial charge in [-0.3, -0.25) is 14.2 Å². The van der Waals surface area contributed by atoms with Crippen LogP contribution in [0.15, 0.2) is 22.2 Å². The second kappa shape index (κ2) is 7.31. The monoisotopic (exact) mass is 323 g/mol. The van der Waals surface area contributed by atoms with Crippen molar-refractivity contribution in [2.24, 2.45) is 5.92 Å². The van der Waals surface area contributed by atoms with Crippen LogP contribution in [0.4, 0.5) is 0 Å². The van der Waals surface area contributed by atoms with E-state index in [0.717, 1.165) is 18.0 Å². The average molecular weight is 323 g/mol. The number of nitrogens with zero attached hydrogens (tertiary/aromatic N) is 3. The van der Waals surface area contributed by atoms with Gasteiger partial charge in [0.2, 0.25) is 5.91 Å². The van der Waals surface area contributed by atoms with Crippen LogP contribution in [0.1, 0.15) is 40.5 Å². The molecule has 0 radical (unpaired) electrons. The third kappa shape index (κ3) is 3.37. The minimum absolute atomic E-state index is 0.0753. The molecule has 0 aliphatic carbocycles. The van der Waals surface area contributed by atoms with Gasteiger partial charge in [-0.05, 0) is 26.7 Å². The van der Waals surface area contributed by atoms with Gasteiger partial charge < -0.3 is 4.90 Å². The smallest absolute Gasteiger partial charge is 0.254 e. The molecule has 0 saturated carbocycles. The number of carbonyl (C=O) groups is 1. The third-order valence-electron chi connectivity index (χ3n) is 4.45. The van der Waals surface area contributed by atoms with Gasteiger partial charge in [0.15, 0.2) is 5.16 Å². The standard InChI is InChI=1S/C16H25N3O2S/c1-5-11(3)19(12(4)6-2)15(21)13-9-18-14(20)7-8-17-16(18)22-10-13/h7-8,11-13H,5-6,9-10H2,1-4H3. The number of amides is 1. The molecule has 5 nitrogen and oxygen atoms in total. The van der Waals surface area contributed by atoms with Crippen molar-refractivity contribution < 1.29 is 4.79 Å². The maximum Gasteiger partial charge on any atom is 0.254 e. The Bertz CT molecular complexity index is 577. The van der Waals surface area contributed by atoms with Crippen LogP contribution in [-0.4, -0.2) is 38.2 Å². The van der Waals surface area contributed by atoms with Crippen LogP contribution in [0.25, 0.3) is 0 Å². The van der Waals surface area contributed by atoms with Gasteiger partial charge in [-0.2, -0.15) is 0 Å². The highest BCUT2D eigenvalue weighted by atomic mass is 32.2. The number of thioether (sulfide) groups is 1. The Balaban J connectivity index is 2.22. The second-order valence-corrected chi connectivity index (χ2v) is 6.93. The lowest BCUT2D eigenvalue weighted by molar-refractivity contribution is -0.140. The highest BCUT2D eigenvalue weighted by Crippen LogP contribution is 2.27. The van der Waals surface area contributed by atoms with Gasteiger partial charge in [0.25, 0.3) is 5.56 Å². The Morgan fingerprint density at radius 3 is 2.64 bits per heavy atom. The summed E-state index contributed by atoms with van der Waals surface area (Å²) in [5.74, 6) is 0.707. The second-order valence-electron chi connectivity index (χ2n) is 5.94. The minimum Gasteiger partial charge on any atom is -0.337 e. The van der Waals surface area contributed by atoms with E-state index < -0.39 is 0 Å². The predicted molar refractivity (Wildman–Crippen MR) is 89.1 cm³/mol. The van der Waals surface area contributed by atoms with Crippen molar-refractivity contribution in [2.75, 3.05) is 5.75 Å². The summed E-state index contributed by atoms with van der Waals surface area (Å²) in [5.41, 5.74) is -0.0753. The summed E-state index contributed by atoms with van der Waals surface area (Å²) in [4.78, 5) is 31.2. The molecule has 1 aliphatic heterocycles. The van der Waals surface area contributed by atoms with Crippen molar-refractivity contribution in [1.29, 1.82) is 0 Å². The van der Waals surface area contributed by atoms with Crippen LogP contribution in [0.2, 0.25) is 0 Å². The van der Waals surface area contributed by atoms with E-state index >= 15 is 0 Å². The lowest BCUT2D eigenvalue weighted by Gasteiger charge is -2.37. The van der Waals surface area contributed by atoms with Crippen LogP contribution in [0.5, 0.6) is 0 Å². The van der Waals surface area contributed by atoms with Crippen LogP contribution >= 0.6 is 11.8 Å². The Labute approximate surface area is 136 Å². The summed E-state index contributed by atoms with van der Waals surface area (Å²) in [6.45, 7) is 8.85. The summed E-state index contributed by atoms with van der Waals surface area (Å²) in [6.07, 6.45) is 3.41. The number of hydrogen-bond donors (Lipinski definition) is 0. The zero-order valence-corrected chi connectivity index (χ0v) is 14.6. The zero-order valence-electron chi connectivity index (χ0n) is 13.8. The fourth-order valence-electron chi connectivity index (χ4n) is 2.77. The van der Waals surface area contributed by atoms with Gasteiger partial charge in [0.1, 0.15) is 0 Å². The molecule has 2 rings (SSSR count). The molecule has 1 aromatic heterocycles. The van der Waals surface area contributed by atoms with Gasteiger partial charge in [0.05, 0.1) is 5.92 Å². The van der Waals surface area contributed by atoms with Crippen LogP contribution in [0, 0.1) is 5.92 Å². The topological polar surface area (TPSA) is 55.2 Å². The maximum absolute atomic E-state index is 13.0. The molecular weight excluding hydrogens is 298 g/mol. The van der Waals surface area contributed by atoms with E-state index in [0.29, 0.717) is 12.3 Å². The molecular formula is C16H25N3O2S. The molecule has 0 N–H and O–H groups in total. The van der Waals surface area contributed by atoms with E-state index in [-0.39, 0.29) is 29.5 Å². The van der Waals surface area contributed by atoms with Gasteiger partial charge in [-0.1, -0.05) is 25.6 Å². The quantitative estimate of drug-likeness (QED) is 0.781. The number of hydrogen-bond acceptors (Lipinski definition) is 4. The molecule has 122 valence electrons. The first-order valence-corrected chi connectivity index (χ1v) is 8.98. The van der Waals surface area contributed by atoms with E-state index in [1.807, 2.05) is 4.90 Å². The fraction of sp³-hybridized carbons (Fsp3) is 0.688. The lowest BCUT2D eigenvalue weighted by Crippen LogP contribution is -2.49. The summed E-state index contributed by atoms with van der Waals surface area (Å²) in [5, 5.41) is 0.718. The SMILES string of the molecule is CCC(C)N(C(=O)C1CSc2nccc(=O)n2C1)C(C)CC. The molecule has 3 unspecified atom stereocenters. The molecule has 1 aromatic rings. The summed E-state index contributed by atoms with van der Waals surface area (Å²) in [7, 11) is 0. The molecule has 0 aromatic carbocycles. The van der Waals surface area contributed by atoms with Crippen molar-refractivity contribution in [3.8, 4) is 0 Å². The lowest BCUT2D eigenvalue weighted by atomic mass is 10.0. The molecule has 2 heterocycles. The molecule has 3 atom stereocenters. The third-order valence-corrected chi connectivity index (χ3v) is 5.60. The fourth-order valence-corrected chi connectivity index (χ4v) is 3.83. The van der Waals surface area contributed by atoms with Crippen molar-refractivity contribution in [3.63, 3.8) is 0 Å². The Hall–Kier alpha value is -1.30. The van der Waals surface area contributed by atoms with Gasteiger partial charge in [0, 0.05) is 36.6 Å². The van der Waals surface area contributed by atoms with Crippen molar-refractivity contribution in [3.05, 3.63) is 22.6 Å². The van der Waals surface area contributed by atoms with Gasteiger partial charge in [-0.15, -0.1) is 0 Å². The van der Waals surface area contributed by atoms with E-state index in [1.54, 1.807) is 4.57 Å². The Morgan fingerprint density at radius 1 is 1.41 bits per heavy atom. The van der Waals surface area contributed by atoms with Crippen molar-refractivity contribution in [2.45, 2.75) is 64.3 Å².